The summed E-state index contributed by atoms with van der Waals surface area (Å²) in [6.07, 6.45) is 0.854. The maximum absolute atomic E-state index is 11.7. The first-order valence-electron chi connectivity index (χ1n) is 5.24. The Morgan fingerprint density at radius 2 is 1.73 bits per heavy atom. The Morgan fingerprint density at radius 3 is 2.07 bits per heavy atom. The number of nitrogens with two attached hydrogens (primary N) is 1. The van der Waals surface area contributed by atoms with Gasteiger partial charge in [-0.3, -0.25) is 4.79 Å². The van der Waals surface area contributed by atoms with E-state index < -0.39 is 12.1 Å². The molecule has 0 spiro atoms. The fraction of sp³-hybridized carbons (Fsp3) is 0.800. The highest BCUT2D eigenvalue weighted by Gasteiger charge is 2.23. The van der Waals surface area contributed by atoms with E-state index in [9.17, 15) is 9.59 Å². The van der Waals surface area contributed by atoms with Gasteiger partial charge in [0.1, 0.15) is 6.04 Å². The summed E-state index contributed by atoms with van der Waals surface area (Å²) in [6.45, 7) is 7.62. The van der Waals surface area contributed by atoms with Gasteiger partial charge in [0, 0.05) is 6.04 Å². The van der Waals surface area contributed by atoms with Crippen LogP contribution in [-0.2, 0) is 4.79 Å². The lowest BCUT2D eigenvalue weighted by atomic mass is 10.0. The lowest BCUT2D eigenvalue weighted by Crippen LogP contribution is -2.52. The summed E-state index contributed by atoms with van der Waals surface area (Å²) in [5, 5.41) is 5.24. The molecule has 0 bridgehead atoms. The molecule has 0 aromatic heterocycles. The molecule has 0 heterocycles. The number of amides is 3. The Kier molecular flexibility index (Phi) is 5.74. The van der Waals surface area contributed by atoms with Crippen LogP contribution in [0.15, 0.2) is 0 Å². The highest BCUT2D eigenvalue weighted by molar-refractivity contribution is 5.86. The molecule has 0 radical (unpaired) electrons. The van der Waals surface area contributed by atoms with Crippen LogP contribution in [0, 0.1) is 5.92 Å². The third-order valence-electron chi connectivity index (χ3n) is 2.25. The third-order valence-corrected chi connectivity index (χ3v) is 2.25. The second-order valence-corrected chi connectivity index (χ2v) is 4.05. The summed E-state index contributed by atoms with van der Waals surface area (Å²) in [6, 6.07) is -1.13. The molecule has 0 aromatic carbocycles. The fourth-order valence-corrected chi connectivity index (χ4v) is 1.12. The van der Waals surface area contributed by atoms with Crippen LogP contribution in [0.4, 0.5) is 4.79 Å². The summed E-state index contributed by atoms with van der Waals surface area (Å²) in [7, 11) is 0. The van der Waals surface area contributed by atoms with Gasteiger partial charge in [0.05, 0.1) is 0 Å². The topological polar surface area (TPSA) is 84.2 Å². The molecule has 88 valence electrons. The predicted molar refractivity (Wildman–Crippen MR) is 59.2 cm³/mol. The molecule has 0 aliphatic rings. The van der Waals surface area contributed by atoms with Gasteiger partial charge in [-0.05, 0) is 19.3 Å². The van der Waals surface area contributed by atoms with Gasteiger partial charge >= 0.3 is 6.03 Å². The smallest absolute Gasteiger partial charge is 0.312 e. The van der Waals surface area contributed by atoms with Crippen molar-refractivity contribution in [2.45, 2.75) is 46.2 Å². The van der Waals surface area contributed by atoms with Crippen LogP contribution in [-0.4, -0.2) is 24.0 Å². The Labute approximate surface area is 90.8 Å². The van der Waals surface area contributed by atoms with Crippen molar-refractivity contribution in [3.05, 3.63) is 0 Å². The number of hydrogen-bond donors (Lipinski definition) is 3. The minimum absolute atomic E-state index is 0.0153. The molecule has 4 N–H and O–H groups in total. The highest BCUT2D eigenvalue weighted by atomic mass is 16.2. The van der Waals surface area contributed by atoms with Crippen molar-refractivity contribution >= 4 is 11.9 Å². The number of hydrogen-bond acceptors (Lipinski definition) is 2. The Bertz CT molecular complexity index is 229. The molecule has 3 amide bonds. The number of urea groups is 1. The zero-order chi connectivity index (χ0) is 12.0. The van der Waals surface area contributed by atoms with Crippen molar-refractivity contribution in [1.29, 1.82) is 0 Å². The van der Waals surface area contributed by atoms with Crippen LogP contribution in [0.25, 0.3) is 0 Å². The molecule has 0 aliphatic heterocycles. The molecule has 2 unspecified atom stereocenters. The Balaban J connectivity index is 4.35. The highest BCUT2D eigenvalue weighted by Crippen LogP contribution is 2.02. The van der Waals surface area contributed by atoms with Crippen LogP contribution >= 0.6 is 0 Å². The van der Waals surface area contributed by atoms with E-state index in [0.29, 0.717) is 0 Å². The maximum atomic E-state index is 11.7. The van der Waals surface area contributed by atoms with E-state index in [1.165, 1.54) is 0 Å². The average Bonchev–Trinajstić information content (AvgIpc) is 2.12. The van der Waals surface area contributed by atoms with Gasteiger partial charge in [0.25, 0.3) is 0 Å². The molecule has 0 saturated heterocycles. The Morgan fingerprint density at radius 1 is 1.20 bits per heavy atom. The molecule has 0 aromatic rings. The van der Waals surface area contributed by atoms with E-state index >= 15 is 0 Å². The number of carbonyl (C=O) groups excluding carboxylic acids is 2. The van der Waals surface area contributed by atoms with E-state index in [1.54, 1.807) is 0 Å². The van der Waals surface area contributed by atoms with Gasteiger partial charge in [0.15, 0.2) is 0 Å². The molecule has 0 aliphatic carbocycles. The third kappa shape index (κ3) is 5.24. The summed E-state index contributed by atoms with van der Waals surface area (Å²) in [5.74, 6) is -0.167. The van der Waals surface area contributed by atoms with Crippen molar-refractivity contribution in [3.63, 3.8) is 0 Å². The molecule has 0 saturated carbocycles. The molecule has 5 heteroatoms. The van der Waals surface area contributed by atoms with E-state index in [-0.39, 0.29) is 17.9 Å². The predicted octanol–water partition coefficient (Wildman–Crippen LogP) is 0.594. The van der Waals surface area contributed by atoms with Crippen molar-refractivity contribution in [2.24, 2.45) is 11.7 Å². The molecule has 0 rings (SSSR count). The lowest BCUT2D eigenvalue weighted by Gasteiger charge is -2.22. The zero-order valence-electron chi connectivity index (χ0n) is 9.83. The van der Waals surface area contributed by atoms with Crippen LogP contribution < -0.4 is 16.4 Å². The number of carbonyl (C=O) groups is 2. The van der Waals surface area contributed by atoms with Gasteiger partial charge in [-0.15, -0.1) is 0 Å². The molecule has 5 nitrogen and oxygen atoms in total. The van der Waals surface area contributed by atoms with Crippen LogP contribution in [0.2, 0.25) is 0 Å². The largest absolute Gasteiger partial charge is 0.352 e. The number of primary amides is 1. The van der Waals surface area contributed by atoms with Gasteiger partial charge < -0.3 is 16.4 Å². The van der Waals surface area contributed by atoms with Crippen LogP contribution in [0.3, 0.4) is 0 Å². The summed E-state index contributed by atoms with van der Waals surface area (Å²) in [5.41, 5.74) is 5.00. The first-order valence-corrected chi connectivity index (χ1v) is 5.24. The van der Waals surface area contributed by atoms with Gasteiger partial charge in [-0.1, -0.05) is 20.8 Å². The van der Waals surface area contributed by atoms with Crippen molar-refractivity contribution < 1.29 is 9.59 Å². The van der Waals surface area contributed by atoms with E-state index in [0.717, 1.165) is 6.42 Å². The van der Waals surface area contributed by atoms with E-state index in [1.807, 2.05) is 27.7 Å². The average molecular weight is 215 g/mol. The molecule has 15 heavy (non-hydrogen) atoms. The van der Waals surface area contributed by atoms with Gasteiger partial charge in [-0.2, -0.15) is 0 Å². The zero-order valence-corrected chi connectivity index (χ0v) is 9.83. The van der Waals surface area contributed by atoms with Crippen LogP contribution in [0.5, 0.6) is 0 Å². The van der Waals surface area contributed by atoms with Gasteiger partial charge in [0.2, 0.25) is 5.91 Å². The Hall–Kier alpha value is -1.26. The lowest BCUT2D eigenvalue weighted by molar-refractivity contribution is -0.124. The van der Waals surface area contributed by atoms with E-state index in [2.05, 4.69) is 10.6 Å². The second-order valence-electron chi connectivity index (χ2n) is 4.05. The fourth-order valence-electron chi connectivity index (χ4n) is 1.12. The summed E-state index contributed by atoms with van der Waals surface area (Å²) in [4.78, 5) is 22.4. The number of rotatable bonds is 5. The maximum Gasteiger partial charge on any atom is 0.312 e. The monoisotopic (exact) mass is 215 g/mol. The molecule has 0 fully saturated rings. The first-order chi connectivity index (χ1) is 6.88. The minimum atomic E-state index is -0.673. The standard InChI is InChI=1S/C10H21N3O2/c1-5-7(4)12-9(14)8(6(2)3)13-10(11)15/h6-8H,5H2,1-4H3,(H,12,14)(H3,11,13,15). The molecular formula is C10H21N3O2. The summed E-state index contributed by atoms with van der Waals surface area (Å²) >= 11 is 0. The first kappa shape index (κ1) is 13.7. The quantitative estimate of drug-likeness (QED) is 0.627. The summed E-state index contributed by atoms with van der Waals surface area (Å²) < 4.78 is 0. The normalized spacial score (nSPS) is 14.5. The minimum Gasteiger partial charge on any atom is -0.352 e. The molecule has 2 atom stereocenters. The van der Waals surface area contributed by atoms with Crippen LogP contribution in [0.1, 0.15) is 34.1 Å². The van der Waals surface area contributed by atoms with Crippen molar-refractivity contribution in [2.75, 3.05) is 0 Å². The van der Waals surface area contributed by atoms with Gasteiger partial charge in [-0.25, -0.2) is 4.79 Å². The molecular weight excluding hydrogens is 194 g/mol. The SMILES string of the molecule is CCC(C)NC(=O)C(NC(N)=O)C(C)C. The van der Waals surface area contributed by atoms with Crippen molar-refractivity contribution in [3.8, 4) is 0 Å². The number of nitrogens with one attached hydrogen (secondary N) is 2. The van der Waals surface area contributed by atoms with E-state index in [4.69, 9.17) is 5.73 Å². The van der Waals surface area contributed by atoms with Crippen molar-refractivity contribution in [1.82, 2.24) is 10.6 Å². The second kappa shape index (κ2) is 6.27.